The van der Waals surface area contributed by atoms with E-state index in [1.54, 1.807) is 4.90 Å². The molecule has 4 heteroatoms. The Labute approximate surface area is 143 Å². The highest BCUT2D eigenvalue weighted by molar-refractivity contribution is 14.1. The highest BCUT2D eigenvalue weighted by atomic mass is 127. The number of rotatable bonds is 4. The first-order valence-corrected chi connectivity index (χ1v) is 9.38. The van der Waals surface area contributed by atoms with E-state index in [9.17, 15) is 9.59 Å². The summed E-state index contributed by atoms with van der Waals surface area (Å²) in [5, 5.41) is 0. The molecule has 22 heavy (non-hydrogen) atoms. The van der Waals surface area contributed by atoms with Crippen molar-refractivity contribution in [1.29, 1.82) is 0 Å². The van der Waals surface area contributed by atoms with Gasteiger partial charge in [0.2, 0.25) is 11.8 Å². The van der Waals surface area contributed by atoms with E-state index in [1.807, 2.05) is 18.2 Å². The Hall–Kier alpha value is -1.17. The fourth-order valence-electron chi connectivity index (χ4n) is 4.39. The Morgan fingerprint density at radius 1 is 1.05 bits per heavy atom. The number of fused-ring (bicyclic) bond motifs is 5. The van der Waals surface area contributed by atoms with Gasteiger partial charge in [-0.15, -0.1) is 0 Å². The Morgan fingerprint density at radius 2 is 1.64 bits per heavy atom. The molecule has 2 bridgehead atoms. The maximum atomic E-state index is 12.8. The Kier molecular flexibility index (Phi) is 3.59. The highest BCUT2D eigenvalue weighted by Gasteiger charge is 2.60. The summed E-state index contributed by atoms with van der Waals surface area (Å²) >= 11 is 2.29. The maximum absolute atomic E-state index is 12.8. The number of hydrogen-bond donors (Lipinski definition) is 0. The number of carbonyl (C=O) groups is 2. The van der Waals surface area contributed by atoms with E-state index in [4.69, 9.17) is 0 Å². The lowest BCUT2D eigenvalue weighted by Gasteiger charge is -2.26. The zero-order valence-corrected chi connectivity index (χ0v) is 14.3. The van der Waals surface area contributed by atoms with Gasteiger partial charge < -0.3 is 0 Å². The number of alkyl halides is 1. The van der Waals surface area contributed by atoms with Crippen LogP contribution < -0.4 is 0 Å². The average Bonchev–Trinajstić information content (AvgIpc) is 3.21. The molecule has 1 saturated carbocycles. The van der Waals surface area contributed by atoms with Gasteiger partial charge in [0, 0.05) is 4.43 Å². The molecule has 1 saturated heterocycles. The van der Waals surface area contributed by atoms with Crippen LogP contribution in [0, 0.1) is 23.7 Å². The quantitative estimate of drug-likeness (QED) is 0.333. The van der Waals surface area contributed by atoms with Crippen LogP contribution in [0.25, 0.3) is 0 Å². The molecule has 5 atom stereocenters. The van der Waals surface area contributed by atoms with E-state index < -0.39 is 0 Å². The Balaban J connectivity index is 1.59. The third-order valence-electron chi connectivity index (χ3n) is 5.36. The molecule has 2 fully saturated rings. The standard InChI is InChI=1S/C18H18INO2/c19-10-14(8-11-4-2-1-3-5-11)20-17(21)15-12-6-7-13(9-12)16(15)18(20)22/h1-7,12-16H,8-10H2. The summed E-state index contributed by atoms with van der Waals surface area (Å²) in [6.07, 6.45) is 6.05. The van der Waals surface area contributed by atoms with Gasteiger partial charge in [-0.25, -0.2) is 0 Å². The van der Waals surface area contributed by atoms with Crippen LogP contribution in [0.1, 0.15) is 12.0 Å². The SMILES string of the molecule is O=C1C2C3C=CC(C3)C2C(=O)N1C(CI)Cc1ccccc1. The van der Waals surface area contributed by atoms with Crippen molar-refractivity contribution in [3.05, 3.63) is 48.0 Å². The minimum atomic E-state index is -0.0799. The van der Waals surface area contributed by atoms with Crippen LogP contribution in [0.15, 0.2) is 42.5 Å². The second kappa shape index (κ2) is 5.48. The van der Waals surface area contributed by atoms with E-state index in [-0.39, 0.29) is 29.7 Å². The number of carbonyl (C=O) groups excluding carboxylic acids is 2. The van der Waals surface area contributed by atoms with Crippen LogP contribution in [-0.2, 0) is 16.0 Å². The molecule has 3 aliphatic rings. The van der Waals surface area contributed by atoms with Gasteiger partial charge in [-0.3, -0.25) is 14.5 Å². The largest absolute Gasteiger partial charge is 0.278 e. The lowest BCUT2D eigenvalue weighted by molar-refractivity contribution is -0.142. The summed E-state index contributed by atoms with van der Waals surface area (Å²) in [7, 11) is 0. The van der Waals surface area contributed by atoms with Crippen molar-refractivity contribution in [1.82, 2.24) is 4.90 Å². The lowest BCUT2D eigenvalue weighted by atomic mass is 9.85. The molecule has 1 heterocycles. The van der Waals surface area contributed by atoms with Gasteiger partial charge in [-0.1, -0.05) is 65.1 Å². The van der Waals surface area contributed by atoms with E-state index in [0.717, 1.165) is 17.3 Å². The predicted octanol–water partition coefficient (Wildman–Crippen LogP) is 2.84. The minimum Gasteiger partial charge on any atom is -0.278 e. The summed E-state index contributed by atoms with van der Waals surface area (Å²) < 4.78 is 0.784. The van der Waals surface area contributed by atoms with E-state index in [1.165, 1.54) is 5.56 Å². The van der Waals surface area contributed by atoms with E-state index in [2.05, 4.69) is 46.9 Å². The smallest absolute Gasteiger partial charge is 0.234 e. The number of likely N-dealkylation sites (tertiary alicyclic amines) is 1. The van der Waals surface area contributed by atoms with E-state index in [0.29, 0.717) is 11.8 Å². The number of hydrogen-bond acceptors (Lipinski definition) is 2. The number of imide groups is 1. The molecular formula is C18H18INO2. The first-order chi connectivity index (χ1) is 10.7. The molecule has 2 amide bonds. The summed E-state index contributed by atoms with van der Waals surface area (Å²) in [6, 6.07) is 10.1. The maximum Gasteiger partial charge on any atom is 0.234 e. The fraction of sp³-hybridized carbons (Fsp3) is 0.444. The van der Waals surface area contributed by atoms with Gasteiger partial charge in [0.15, 0.2) is 0 Å². The molecule has 1 aromatic rings. The molecule has 1 aromatic carbocycles. The molecule has 5 unspecified atom stereocenters. The number of allylic oxidation sites excluding steroid dienone is 2. The van der Waals surface area contributed by atoms with Crippen molar-refractivity contribution in [2.24, 2.45) is 23.7 Å². The molecule has 2 aliphatic carbocycles. The fourth-order valence-corrected chi connectivity index (χ4v) is 5.09. The van der Waals surface area contributed by atoms with Gasteiger partial charge in [0.05, 0.1) is 17.9 Å². The molecule has 0 radical (unpaired) electrons. The molecule has 3 nitrogen and oxygen atoms in total. The molecule has 114 valence electrons. The van der Waals surface area contributed by atoms with Crippen molar-refractivity contribution in [3.8, 4) is 0 Å². The summed E-state index contributed by atoms with van der Waals surface area (Å²) in [5.41, 5.74) is 1.18. The van der Waals surface area contributed by atoms with Crippen LogP contribution >= 0.6 is 22.6 Å². The third-order valence-corrected chi connectivity index (χ3v) is 6.38. The summed E-state index contributed by atoms with van der Waals surface area (Å²) in [5.74, 6) is 0.576. The monoisotopic (exact) mass is 407 g/mol. The van der Waals surface area contributed by atoms with Crippen LogP contribution in [0.3, 0.4) is 0 Å². The van der Waals surface area contributed by atoms with Gasteiger partial charge in [0.25, 0.3) is 0 Å². The van der Waals surface area contributed by atoms with Crippen LogP contribution in [0.4, 0.5) is 0 Å². The zero-order valence-electron chi connectivity index (χ0n) is 12.2. The molecule has 4 rings (SSSR count). The van der Waals surface area contributed by atoms with E-state index >= 15 is 0 Å². The number of amides is 2. The van der Waals surface area contributed by atoms with Gasteiger partial charge in [-0.2, -0.15) is 0 Å². The minimum absolute atomic E-state index is 0.0204. The topological polar surface area (TPSA) is 37.4 Å². The normalized spacial score (nSPS) is 33.6. The first-order valence-electron chi connectivity index (χ1n) is 7.86. The average molecular weight is 407 g/mol. The van der Waals surface area contributed by atoms with Crippen molar-refractivity contribution in [2.45, 2.75) is 18.9 Å². The first kappa shape index (κ1) is 14.4. The van der Waals surface area contributed by atoms with Crippen molar-refractivity contribution in [3.63, 3.8) is 0 Å². The number of halogens is 1. The molecule has 0 N–H and O–H groups in total. The van der Waals surface area contributed by atoms with Gasteiger partial charge in [0.1, 0.15) is 0 Å². The van der Waals surface area contributed by atoms with Crippen LogP contribution in [-0.4, -0.2) is 27.2 Å². The Morgan fingerprint density at radius 3 is 2.18 bits per heavy atom. The number of nitrogens with zero attached hydrogens (tertiary/aromatic N) is 1. The highest BCUT2D eigenvalue weighted by Crippen LogP contribution is 2.53. The predicted molar refractivity (Wildman–Crippen MR) is 92.4 cm³/mol. The van der Waals surface area contributed by atoms with Crippen LogP contribution in [0.5, 0.6) is 0 Å². The Bertz CT molecular complexity index is 612. The van der Waals surface area contributed by atoms with Crippen LogP contribution in [0.2, 0.25) is 0 Å². The summed E-state index contributed by atoms with van der Waals surface area (Å²) in [6.45, 7) is 0. The van der Waals surface area contributed by atoms with Crippen molar-refractivity contribution in [2.75, 3.05) is 4.43 Å². The third kappa shape index (κ3) is 2.07. The molecular weight excluding hydrogens is 389 g/mol. The second-order valence-electron chi connectivity index (χ2n) is 6.54. The van der Waals surface area contributed by atoms with Gasteiger partial charge in [-0.05, 0) is 30.2 Å². The molecule has 1 aliphatic heterocycles. The second-order valence-corrected chi connectivity index (χ2v) is 7.43. The number of benzene rings is 1. The van der Waals surface area contributed by atoms with Crippen molar-refractivity contribution < 1.29 is 9.59 Å². The molecule has 0 aromatic heterocycles. The van der Waals surface area contributed by atoms with Gasteiger partial charge >= 0.3 is 0 Å². The van der Waals surface area contributed by atoms with Crippen molar-refractivity contribution >= 4 is 34.4 Å². The zero-order chi connectivity index (χ0) is 15.3. The lowest BCUT2D eigenvalue weighted by Crippen LogP contribution is -2.44. The summed E-state index contributed by atoms with van der Waals surface area (Å²) in [4.78, 5) is 27.3. The molecule has 0 spiro atoms.